The molecule has 4 heteroatoms. The Labute approximate surface area is 122 Å². The molecule has 1 N–H and O–H groups in total. The molecule has 0 aliphatic heterocycles. The van der Waals surface area contributed by atoms with Gasteiger partial charge in [0.1, 0.15) is 6.07 Å². The first kappa shape index (κ1) is 14.0. The third-order valence-electron chi connectivity index (χ3n) is 2.78. The van der Waals surface area contributed by atoms with Gasteiger partial charge in [0.2, 0.25) is 0 Å². The van der Waals surface area contributed by atoms with Gasteiger partial charge in [-0.1, -0.05) is 19.1 Å². The van der Waals surface area contributed by atoms with Gasteiger partial charge in [-0.15, -0.1) is 23.1 Å². The van der Waals surface area contributed by atoms with Crippen LogP contribution in [-0.2, 0) is 0 Å². The molecule has 1 heterocycles. The molecular weight excluding hydrogens is 272 g/mol. The van der Waals surface area contributed by atoms with Crippen molar-refractivity contribution in [3.05, 3.63) is 46.2 Å². The van der Waals surface area contributed by atoms with Crippen LogP contribution in [0.5, 0.6) is 0 Å². The normalized spacial score (nSPS) is 11.8. The summed E-state index contributed by atoms with van der Waals surface area (Å²) in [5.41, 5.74) is 1.67. The predicted octanol–water partition coefficient (Wildman–Crippen LogP) is 4.90. The van der Waals surface area contributed by atoms with Crippen LogP contribution in [0.25, 0.3) is 0 Å². The van der Waals surface area contributed by atoms with E-state index in [0.29, 0.717) is 0 Å². The maximum atomic E-state index is 9.37. The van der Waals surface area contributed by atoms with Gasteiger partial charge in [-0.3, -0.25) is 0 Å². The molecular formula is C15H16N2S2. The fraction of sp³-hybridized carbons (Fsp3) is 0.267. The number of rotatable bonds is 5. The molecule has 0 bridgehead atoms. The SMILES string of the molecule is CCSc1cccc(NC(C)c2cccs2)c1C#N. The molecule has 1 aromatic heterocycles. The van der Waals surface area contributed by atoms with Gasteiger partial charge in [0.25, 0.3) is 0 Å². The smallest absolute Gasteiger partial charge is 0.102 e. The highest BCUT2D eigenvalue weighted by atomic mass is 32.2. The van der Waals surface area contributed by atoms with Gasteiger partial charge in [-0.05, 0) is 36.3 Å². The van der Waals surface area contributed by atoms with Crippen LogP contribution in [0.4, 0.5) is 5.69 Å². The molecule has 2 aromatic rings. The lowest BCUT2D eigenvalue weighted by Gasteiger charge is -2.16. The van der Waals surface area contributed by atoms with E-state index in [9.17, 15) is 5.26 Å². The first-order chi connectivity index (χ1) is 9.26. The van der Waals surface area contributed by atoms with E-state index >= 15 is 0 Å². The first-order valence-corrected chi connectivity index (χ1v) is 8.08. The standard InChI is InChI=1S/C15H16N2S2/c1-3-18-15-7-4-6-13(12(15)10-16)17-11(2)14-8-5-9-19-14/h4-9,11,17H,3H2,1-2H3. The summed E-state index contributed by atoms with van der Waals surface area (Å²) in [5, 5.41) is 14.9. The van der Waals surface area contributed by atoms with E-state index < -0.39 is 0 Å². The summed E-state index contributed by atoms with van der Waals surface area (Å²) in [6, 6.07) is 12.7. The maximum Gasteiger partial charge on any atom is 0.102 e. The van der Waals surface area contributed by atoms with Crippen molar-refractivity contribution in [1.29, 1.82) is 5.26 Å². The number of thiophene rings is 1. The van der Waals surface area contributed by atoms with Crippen LogP contribution < -0.4 is 5.32 Å². The van der Waals surface area contributed by atoms with Crippen LogP contribution in [0.1, 0.15) is 30.3 Å². The molecule has 0 spiro atoms. The lowest BCUT2D eigenvalue weighted by molar-refractivity contribution is 0.906. The van der Waals surface area contributed by atoms with Gasteiger partial charge in [0, 0.05) is 9.77 Å². The zero-order valence-electron chi connectivity index (χ0n) is 11.0. The monoisotopic (exact) mass is 288 g/mol. The molecule has 1 atom stereocenters. The van der Waals surface area contributed by atoms with Crippen LogP contribution in [0.15, 0.2) is 40.6 Å². The number of anilines is 1. The minimum absolute atomic E-state index is 0.217. The van der Waals surface area contributed by atoms with Crippen molar-refractivity contribution < 1.29 is 0 Å². The van der Waals surface area contributed by atoms with Gasteiger partial charge in [0.05, 0.1) is 17.3 Å². The predicted molar refractivity (Wildman–Crippen MR) is 83.9 cm³/mol. The van der Waals surface area contributed by atoms with Crippen molar-refractivity contribution in [2.24, 2.45) is 0 Å². The highest BCUT2D eigenvalue weighted by molar-refractivity contribution is 7.99. The van der Waals surface area contributed by atoms with Crippen molar-refractivity contribution in [2.45, 2.75) is 24.8 Å². The summed E-state index contributed by atoms with van der Waals surface area (Å²) in [7, 11) is 0. The zero-order chi connectivity index (χ0) is 13.7. The highest BCUT2D eigenvalue weighted by Crippen LogP contribution is 2.30. The minimum Gasteiger partial charge on any atom is -0.377 e. The summed E-state index contributed by atoms with van der Waals surface area (Å²) < 4.78 is 0. The number of nitrogens with one attached hydrogen (secondary N) is 1. The van der Waals surface area contributed by atoms with Gasteiger partial charge in [-0.2, -0.15) is 5.26 Å². The number of benzene rings is 1. The minimum atomic E-state index is 0.217. The Kier molecular flexibility index (Phi) is 4.89. The summed E-state index contributed by atoms with van der Waals surface area (Å²) in [4.78, 5) is 2.32. The Bertz CT molecular complexity index is 570. The Morgan fingerprint density at radius 3 is 2.84 bits per heavy atom. The zero-order valence-corrected chi connectivity index (χ0v) is 12.6. The Hall–Kier alpha value is -1.44. The van der Waals surface area contributed by atoms with E-state index in [1.54, 1.807) is 23.1 Å². The van der Waals surface area contributed by atoms with Crippen molar-refractivity contribution in [3.8, 4) is 6.07 Å². The average Bonchev–Trinajstić information content (AvgIpc) is 2.93. The molecule has 98 valence electrons. The third kappa shape index (κ3) is 3.31. The van der Waals surface area contributed by atoms with E-state index in [-0.39, 0.29) is 6.04 Å². The molecule has 0 amide bonds. The summed E-state index contributed by atoms with van der Waals surface area (Å²) in [5.74, 6) is 0.971. The van der Waals surface area contributed by atoms with E-state index in [1.807, 2.05) is 24.3 Å². The number of hydrogen-bond acceptors (Lipinski definition) is 4. The molecule has 0 saturated heterocycles. The van der Waals surface area contributed by atoms with Crippen molar-refractivity contribution >= 4 is 28.8 Å². The average molecular weight is 288 g/mol. The fourth-order valence-corrected chi connectivity index (χ4v) is 3.40. The van der Waals surface area contributed by atoms with Crippen molar-refractivity contribution in [2.75, 3.05) is 11.1 Å². The molecule has 0 aliphatic rings. The van der Waals surface area contributed by atoms with Gasteiger partial charge in [-0.25, -0.2) is 0 Å². The molecule has 0 aliphatic carbocycles. The second-order valence-electron chi connectivity index (χ2n) is 4.10. The highest BCUT2D eigenvalue weighted by Gasteiger charge is 2.12. The lowest BCUT2D eigenvalue weighted by atomic mass is 10.1. The Morgan fingerprint density at radius 2 is 2.21 bits per heavy atom. The molecule has 1 aromatic carbocycles. The number of hydrogen-bond donors (Lipinski definition) is 1. The summed E-state index contributed by atoms with van der Waals surface area (Å²) in [6.45, 7) is 4.22. The quantitative estimate of drug-likeness (QED) is 0.794. The third-order valence-corrected chi connectivity index (χ3v) is 4.77. The second kappa shape index (κ2) is 6.65. The number of nitrogens with zero attached hydrogens (tertiary/aromatic N) is 1. The maximum absolute atomic E-state index is 9.37. The van der Waals surface area contributed by atoms with Crippen LogP contribution >= 0.6 is 23.1 Å². The molecule has 0 fully saturated rings. The Morgan fingerprint density at radius 1 is 1.37 bits per heavy atom. The lowest BCUT2D eigenvalue weighted by Crippen LogP contribution is -2.06. The second-order valence-corrected chi connectivity index (χ2v) is 6.39. The molecule has 19 heavy (non-hydrogen) atoms. The van der Waals surface area contributed by atoms with E-state index in [4.69, 9.17) is 0 Å². The topological polar surface area (TPSA) is 35.8 Å². The first-order valence-electron chi connectivity index (χ1n) is 6.22. The Balaban J connectivity index is 2.25. The molecule has 0 radical (unpaired) electrons. The molecule has 0 saturated carbocycles. The van der Waals surface area contributed by atoms with Crippen molar-refractivity contribution in [1.82, 2.24) is 0 Å². The largest absolute Gasteiger partial charge is 0.377 e. The van der Waals surface area contributed by atoms with Gasteiger partial charge in [0.15, 0.2) is 0 Å². The number of thioether (sulfide) groups is 1. The van der Waals surface area contributed by atoms with E-state index in [0.717, 1.165) is 21.9 Å². The van der Waals surface area contributed by atoms with Crippen LogP contribution in [-0.4, -0.2) is 5.75 Å². The summed E-state index contributed by atoms with van der Waals surface area (Å²) >= 11 is 3.43. The molecule has 2 nitrogen and oxygen atoms in total. The van der Waals surface area contributed by atoms with E-state index in [2.05, 4.69) is 36.7 Å². The van der Waals surface area contributed by atoms with Crippen LogP contribution in [0.3, 0.4) is 0 Å². The summed E-state index contributed by atoms with van der Waals surface area (Å²) in [6.07, 6.45) is 0. The number of nitriles is 1. The molecule has 1 unspecified atom stereocenters. The van der Waals surface area contributed by atoms with Gasteiger partial charge < -0.3 is 5.32 Å². The van der Waals surface area contributed by atoms with Crippen LogP contribution in [0, 0.1) is 11.3 Å². The van der Waals surface area contributed by atoms with Crippen LogP contribution in [0.2, 0.25) is 0 Å². The van der Waals surface area contributed by atoms with Gasteiger partial charge >= 0.3 is 0 Å². The molecule has 2 rings (SSSR count). The fourth-order valence-electron chi connectivity index (χ4n) is 1.88. The van der Waals surface area contributed by atoms with E-state index in [1.165, 1.54) is 4.88 Å². The van der Waals surface area contributed by atoms with Crippen molar-refractivity contribution in [3.63, 3.8) is 0 Å².